The number of nitrogens with one attached hydrogen (secondary N) is 1. The van der Waals surface area contributed by atoms with Crippen LogP contribution in [0.1, 0.15) is 48.5 Å². The van der Waals surface area contributed by atoms with Crippen LogP contribution >= 0.6 is 0 Å². The number of aryl methyl sites for hydroxylation is 1. The molecule has 1 N–H and O–H groups in total. The Morgan fingerprint density at radius 1 is 1.13 bits per heavy atom. The Hall–Kier alpha value is -2.80. The summed E-state index contributed by atoms with van der Waals surface area (Å²) >= 11 is 0. The van der Waals surface area contributed by atoms with E-state index < -0.39 is 15.6 Å². The first-order valence-corrected chi connectivity index (χ1v) is 15.3. The number of nitrogens with zero attached hydrogens (tertiary/aromatic N) is 7. The van der Waals surface area contributed by atoms with E-state index in [0.29, 0.717) is 30.7 Å². The molecule has 39 heavy (non-hydrogen) atoms. The lowest BCUT2D eigenvalue weighted by Gasteiger charge is -2.57. The van der Waals surface area contributed by atoms with Gasteiger partial charge >= 0.3 is 0 Å². The first kappa shape index (κ1) is 25.2. The number of fused-ring (bicyclic) bond motifs is 4. The molecule has 3 fully saturated rings. The highest BCUT2D eigenvalue weighted by Gasteiger charge is 2.57. The Morgan fingerprint density at radius 2 is 1.87 bits per heavy atom. The van der Waals surface area contributed by atoms with E-state index in [2.05, 4.69) is 31.6 Å². The highest BCUT2D eigenvalue weighted by atomic mass is 32.2. The molecule has 0 bridgehead atoms. The van der Waals surface area contributed by atoms with Crippen LogP contribution in [-0.4, -0.2) is 102 Å². The third-order valence-corrected chi connectivity index (χ3v) is 10.7. The van der Waals surface area contributed by atoms with Crippen molar-refractivity contribution in [3.05, 3.63) is 41.7 Å². The minimum Gasteiger partial charge on any atom is -0.306 e. The number of rotatable bonds is 6. The molecule has 5 aliphatic rings. The van der Waals surface area contributed by atoms with Crippen LogP contribution in [-0.2, 0) is 23.6 Å². The quantitative estimate of drug-likeness (QED) is 0.575. The van der Waals surface area contributed by atoms with Crippen LogP contribution in [0.15, 0.2) is 40.5 Å². The van der Waals surface area contributed by atoms with Crippen molar-refractivity contribution in [1.82, 2.24) is 29.2 Å². The van der Waals surface area contributed by atoms with Crippen molar-refractivity contribution in [3.63, 3.8) is 0 Å². The van der Waals surface area contributed by atoms with Crippen LogP contribution in [0.5, 0.6) is 0 Å². The number of likely N-dealkylation sites (tertiary alicyclic amines) is 2. The summed E-state index contributed by atoms with van der Waals surface area (Å²) in [7, 11) is 0.277. The van der Waals surface area contributed by atoms with Gasteiger partial charge in [0.25, 0.3) is 5.91 Å². The van der Waals surface area contributed by atoms with Gasteiger partial charge in [0.2, 0.25) is 16.0 Å². The molecular formula is C27H36N8O3S. The van der Waals surface area contributed by atoms with E-state index in [4.69, 9.17) is 4.99 Å². The van der Waals surface area contributed by atoms with Crippen LogP contribution in [0.4, 0.5) is 5.69 Å². The van der Waals surface area contributed by atoms with Gasteiger partial charge in [-0.25, -0.2) is 18.1 Å². The Labute approximate surface area is 229 Å². The molecule has 1 saturated carbocycles. The van der Waals surface area contributed by atoms with E-state index in [1.807, 2.05) is 20.2 Å². The molecule has 0 unspecified atom stereocenters. The largest absolute Gasteiger partial charge is 0.306 e. The SMILES string of the molecule is CN1CCC(N2CC3(CN=C4N(Cc5cnn(C)c5)C(=O)c5cc(S(=O)(=O)NC6(C)CC6)ccc5N43)C2)CC1. The fraction of sp³-hybridized carbons (Fsp3) is 0.593. The Balaban J connectivity index is 1.23. The Morgan fingerprint density at radius 3 is 2.54 bits per heavy atom. The summed E-state index contributed by atoms with van der Waals surface area (Å²) in [6.07, 6.45) is 7.61. The summed E-state index contributed by atoms with van der Waals surface area (Å²) in [6.45, 7) is 6.82. The number of carbonyl (C=O) groups is 1. The van der Waals surface area contributed by atoms with E-state index in [1.54, 1.807) is 34.0 Å². The zero-order valence-electron chi connectivity index (χ0n) is 22.8. The van der Waals surface area contributed by atoms with Gasteiger partial charge in [-0.05, 0) is 70.9 Å². The smallest absolute Gasteiger partial charge is 0.263 e. The summed E-state index contributed by atoms with van der Waals surface area (Å²) < 4.78 is 31.0. The zero-order chi connectivity index (χ0) is 27.2. The predicted molar refractivity (Wildman–Crippen MR) is 147 cm³/mol. The molecule has 5 heterocycles. The van der Waals surface area contributed by atoms with Crippen molar-refractivity contribution in [3.8, 4) is 0 Å². The van der Waals surface area contributed by atoms with Crippen LogP contribution < -0.4 is 9.62 Å². The van der Waals surface area contributed by atoms with Crippen molar-refractivity contribution in [2.24, 2.45) is 12.0 Å². The van der Waals surface area contributed by atoms with Gasteiger partial charge in [-0.15, -0.1) is 0 Å². The van der Waals surface area contributed by atoms with Gasteiger partial charge in [-0.2, -0.15) is 5.10 Å². The van der Waals surface area contributed by atoms with Gasteiger partial charge in [0, 0.05) is 43.5 Å². The van der Waals surface area contributed by atoms with E-state index >= 15 is 0 Å². The van der Waals surface area contributed by atoms with E-state index in [-0.39, 0.29) is 16.3 Å². The monoisotopic (exact) mass is 552 g/mol. The molecule has 1 amide bonds. The molecule has 0 atom stereocenters. The average molecular weight is 553 g/mol. The van der Waals surface area contributed by atoms with Gasteiger partial charge in [-0.1, -0.05) is 0 Å². The molecular weight excluding hydrogens is 516 g/mol. The maximum atomic E-state index is 14.0. The fourth-order valence-corrected chi connectivity index (χ4v) is 8.04. The Bertz CT molecular complexity index is 1470. The van der Waals surface area contributed by atoms with Crippen LogP contribution in [0.2, 0.25) is 0 Å². The van der Waals surface area contributed by atoms with Crippen molar-refractivity contribution in [1.29, 1.82) is 0 Å². The highest BCUT2D eigenvalue weighted by molar-refractivity contribution is 7.89. The van der Waals surface area contributed by atoms with E-state index in [0.717, 1.165) is 63.1 Å². The maximum absolute atomic E-state index is 14.0. The number of benzene rings is 1. The molecule has 1 aromatic heterocycles. The lowest BCUT2D eigenvalue weighted by Crippen LogP contribution is -2.75. The van der Waals surface area contributed by atoms with Gasteiger partial charge in [0.05, 0.1) is 41.0 Å². The second-order valence-corrected chi connectivity index (χ2v) is 14.1. The molecule has 208 valence electrons. The molecule has 7 rings (SSSR count). The van der Waals surface area contributed by atoms with E-state index in [1.165, 1.54) is 0 Å². The molecule has 1 aromatic carbocycles. The van der Waals surface area contributed by atoms with E-state index in [9.17, 15) is 13.2 Å². The Kier molecular flexibility index (Phi) is 5.55. The lowest BCUT2D eigenvalue weighted by molar-refractivity contribution is 0.0131. The topological polar surface area (TPSA) is 106 Å². The summed E-state index contributed by atoms with van der Waals surface area (Å²) in [4.78, 5) is 27.9. The molecule has 4 aliphatic heterocycles. The predicted octanol–water partition coefficient (Wildman–Crippen LogP) is 1.23. The van der Waals surface area contributed by atoms with Crippen molar-refractivity contribution in [2.45, 2.75) is 61.2 Å². The van der Waals surface area contributed by atoms with Crippen LogP contribution in [0, 0.1) is 0 Å². The molecule has 2 aromatic rings. The number of aliphatic imine (C=N–C) groups is 1. The minimum absolute atomic E-state index is 0.124. The van der Waals surface area contributed by atoms with Crippen molar-refractivity contribution in [2.75, 3.05) is 44.7 Å². The molecule has 12 heteroatoms. The van der Waals surface area contributed by atoms with Gasteiger partial charge in [0.1, 0.15) is 0 Å². The molecule has 0 radical (unpaired) electrons. The number of aromatic nitrogens is 2. The number of piperidine rings is 1. The summed E-state index contributed by atoms with van der Waals surface area (Å²) in [5.74, 6) is 0.417. The summed E-state index contributed by atoms with van der Waals surface area (Å²) in [6, 6.07) is 5.56. The minimum atomic E-state index is -3.75. The third kappa shape index (κ3) is 4.19. The second-order valence-electron chi connectivity index (χ2n) is 12.4. The normalized spacial score (nSPS) is 24.5. The number of carbonyl (C=O) groups excluding carboxylic acids is 1. The first-order chi connectivity index (χ1) is 18.6. The standard InChI is InChI=1S/C27H36N8O3S/c1-26(8-9-26)30-39(37,38)21-4-5-23-22(12-21)24(36)34(15-19-13-29-32(3)14-19)25-28-16-27(35(23)25)17-33(18-27)20-6-10-31(2)11-7-20/h4-5,12-14,20,30H,6-11,15-18H2,1-3H3. The first-order valence-electron chi connectivity index (χ1n) is 13.8. The van der Waals surface area contributed by atoms with Gasteiger partial charge in [0.15, 0.2) is 0 Å². The third-order valence-electron chi connectivity index (χ3n) is 9.10. The molecule has 1 spiro atoms. The van der Waals surface area contributed by atoms with Crippen LogP contribution in [0.3, 0.4) is 0 Å². The average Bonchev–Trinajstić information content (AvgIpc) is 3.26. The number of hydrogen-bond donors (Lipinski definition) is 1. The lowest BCUT2D eigenvalue weighted by atomic mass is 9.84. The molecule has 11 nitrogen and oxygen atoms in total. The highest BCUT2D eigenvalue weighted by Crippen LogP contribution is 2.44. The summed E-state index contributed by atoms with van der Waals surface area (Å²) in [5, 5.41) is 4.27. The van der Waals surface area contributed by atoms with Crippen molar-refractivity contribution < 1.29 is 13.2 Å². The number of anilines is 1. The number of sulfonamides is 1. The number of guanidine groups is 1. The van der Waals surface area contributed by atoms with Gasteiger partial charge < -0.3 is 9.80 Å². The summed E-state index contributed by atoms with van der Waals surface area (Å²) in [5.41, 5.74) is 1.42. The maximum Gasteiger partial charge on any atom is 0.263 e. The number of amides is 1. The molecule has 2 saturated heterocycles. The second kappa shape index (κ2) is 8.60. The zero-order valence-corrected chi connectivity index (χ0v) is 23.6. The fourth-order valence-electron chi connectivity index (χ4n) is 6.55. The molecule has 1 aliphatic carbocycles. The van der Waals surface area contributed by atoms with Crippen molar-refractivity contribution >= 4 is 27.6 Å². The van der Waals surface area contributed by atoms with Crippen LogP contribution in [0.25, 0.3) is 0 Å². The van der Waals surface area contributed by atoms with Gasteiger partial charge in [-0.3, -0.25) is 19.3 Å². The number of hydrogen-bond acceptors (Lipinski definition) is 8.